The highest BCUT2D eigenvalue weighted by Gasteiger charge is 2.14. The Morgan fingerprint density at radius 1 is 1.33 bits per heavy atom. The van der Waals surface area contributed by atoms with Crippen LogP contribution in [-0.4, -0.2) is 25.8 Å². The van der Waals surface area contributed by atoms with Crippen molar-refractivity contribution in [3.8, 4) is 11.3 Å². The largest absolute Gasteiger partial charge is 0.298 e. The fraction of sp³-hybridized carbons (Fsp3) is 0.462. The number of rotatable bonds is 5. The highest BCUT2D eigenvalue weighted by molar-refractivity contribution is 5.85. The van der Waals surface area contributed by atoms with Crippen LogP contribution in [0.2, 0.25) is 0 Å². The number of carbonyl (C=O) groups excluding carboxylic acids is 1. The van der Waals surface area contributed by atoms with E-state index in [1.807, 2.05) is 31.0 Å². The molecule has 0 saturated heterocycles. The van der Waals surface area contributed by atoms with E-state index in [4.69, 9.17) is 0 Å². The molecule has 0 fully saturated rings. The molecule has 5 nitrogen and oxygen atoms in total. The van der Waals surface area contributed by atoms with Crippen molar-refractivity contribution in [1.29, 1.82) is 0 Å². The molecule has 0 aliphatic rings. The van der Waals surface area contributed by atoms with Crippen LogP contribution in [0, 0.1) is 6.92 Å². The lowest BCUT2D eigenvalue weighted by Gasteiger charge is -1.98. The van der Waals surface area contributed by atoms with Gasteiger partial charge in [0.1, 0.15) is 5.69 Å². The summed E-state index contributed by atoms with van der Waals surface area (Å²) in [6.45, 7) is 4.90. The number of carbonyl (C=O) groups is 1. The lowest BCUT2D eigenvalue weighted by atomic mass is 10.1. The lowest BCUT2D eigenvalue weighted by molar-refractivity contribution is 0.112. The zero-order valence-corrected chi connectivity index (χ0v) is 11.1. The van der Waals surface area contributed by atoms with Gasteiger partial charge in [0.05, 0.1) is 11.3 Å². The maximum absolute atomic E-state index is 11.1. The molecule has 0 aromatic carbocycles. The van der Waals surface area contributed by atoms with E-state index in [2.05, 4.69) is 17.1 Å². The molecule has 2 aromatic rings. The first kappa shape index (κ1) is 12.5. The molecule has 0 radical (unpaired) electrons. The van der Waals surface area contributed by atoms with Crippen molar-refractivity contribution in [2.75, 3.05) is 0 Å². The molecule has 0 saturated carbocycles. The van der Waals surface area contributed by atoms with E-state index in [1.165, 1.54) is 0 Å². The molecule has 0 aliphatic carbocycles. The Morgan fingerprint density at radius 3 is 2.67 bits per heavy atom. The summed E-state index contributed by atoms with van der Waals surface area (Å²) >= 11 is 0. The van der Waals surface area contributed by atoms with Crippen molar-refractivity contribution in [3.05, 3.63) is 23.7 Å². The van der Waals surface area contributed by atoms with Crippen molar-refractivity contribution in [1.82, 2.24) is 19.6 Å². The van der Waals surface area contributed by atoms with Gasteiger partial charge in [-0.3, -0.25) is 14.2 Å². The Morgan fingerprint density at radius 2 is 2.11 bits per heavy atom. The van der Waals surface area contributed by atoms with E-state index in [9.17, 15) is 4.79 Å². The normalized spacial score (nSPS) is 10.8. The Bertz CT molecular complexity index is 553. The zero-order chi connectivity index (χ0) is 13.1. The third-order valence-corrected chi connectivity index (χ3v) is 2.93. The molecule has 0 atom stereocenters. The smallest absolute Gasteiger partial charge is 0.153 e. The average molecular weight is 246 g/mol. The van der Waals surface area contributed by atoms with Gasteiger partial charge in [0.15, 0.2) is 6.29 Å². The van der Waals surface area contributed by atoms with Gasteiger partial charge in [-0.25, -0.2) is 0 Å². The van der Waals surface area contributed by atoms with Crippen molar-refractivity contribution in [3.63, 3.8) is 0 Å². The number of aryl methyl sites for hydroxylation is 3. The Kier molecular flexibility index (Phi) is 3.60. The van der Waals surface area contributed by atoms with Gasteiger partial charge in [-0.05, 0) is 13.3 Å². The van der Waals surface area contributed by atoms with Crippen LogP contribution in [0.1, 0.15) is 35.8 Å². The zero-order valence-electron chi connectivity index (χ0n) is 11.1. The van der Waals surface area contributed by atoms with Gasteiger partial charge in [0.25, 0.3) is 0 Å². The summed E-state index contributed by atoms with van der Waals surface area (Å²) in [7, 11) is 1.87. The van der Waals surface area contributed by atoms with E-state index in [0.717, 1.165) is 42.6 Å². The summed E-state index contributed by atoms with van der Waals surface area (Å²) in [4.78, 5) is 11.1. The van der Waals surface area contributed by atoms with E-state index >= 15 is 0 Å². The second-order valence-electron chi connectivity index (χ2n) is 4.47. The van der Waals surface area contributed by atoms with Gasteiger partial charge < -0.3 is 0 Å². The van der Waals surface area contributed by atoms with Crippen LogP contribution in [-0.2, 0) is 13.6 Å². The van der Waals surface area contributed by atoms with Crippen LogP contribution in [0.25, 0.3) is 11.3 Å². The first-order valence-corrected chi connectivity index (χ1v) is 6.19. The van der Waals surface area contributed by atoms with Gasteiger partial charge >= 0.3 is 0 Å². The van der Waals surface area contributed by atoms with Crippen molar-refractivity contribution in [2.24, 2.45) is 7.05 Å². The molecule has 18 heavy (non-hydrogen) atoms. The minimum Gasteiger partial charge on any atom is -0.298 e. The Hall–Kier alpha value is -1.91. The Labute approximate surface area is 106 Å². The number of unbranched alkanes of at least 4 members (excludes halogenated alkanes) is 1. The fourth-order valence-corrected chi connectivity index (χ4v) is 2.00. The minimum atomic E-state index is 0.627. The summed E-state index contributed by atoms with van der Waals surface area (Å²) in [5.74, 6) is 0. The first-order valence-electron chi connectivity index (χ1n) is 6.19. The number of nitrogens with zero attached hydrogens (tertiary/aromatic N) is 4. The van der Waals surface area contributed by atoms with Crippen LogP contribution in [0.15, 0.2) is 12.4 Å². The van der Waals surface area contributed by atoms with E-state index in [-0.39, 0.29) is 0 Å². The van der Waals surface area contributed by atoms with Crippen LogP contribution in [0.3, 0.4) is 0 Å². The number of hydrogen-bond donors (Lipinski definition) is 0. The van der Waals surface area contributed by atoms with E-state index < -0.39 is 0 Å². The first-order chi connectivity index (χ1) is 8.65. The number of aromatic nitrogens is 4. The summed E-state index contributed by atoms with van der Waals surface area (Å²) < 4.78 is 3.58. The summed E-state index contributed by atoms with van der Waals surface area (Å²) in [5.41, 5.74) is 3.17. The highest BCUT2D eigenvalue weighted by atomic mass is 16.1. The number of hydrogen-bond acceptors (Lipinski definition) is 3. The lowest BCUT2D eigenvalue weighted by Crippen LogP contribution is -1.98. The third-order valence-electron chi connectivity index (χ3n) is 2.93. The topological polar surface area (TPSA) is 52.7 Å². The predicted molar refractivity (Wildman–Crippen MR) is 69.5 cm³/mol. The molecular formula is C13H18N4O. The molecule has 96 valence electrons. The fourth-order valence-electron chi connectivity index (χ4n) is 2.00. The van der Waals surface area contributed by atoms with Crippen LogP contribution in [0.4, 0.5) is 0 Å². The minimum absolute atomic E-state index is 0.627. The van der Waals surface area contributed by atoms with Crippen LogP contribution >= 0.6 is 0 Å². The monoisotopic (exact) mass is 246 g/mol. The van der Waals surface area contributed by atoms with Crippen molar-refractivity contribution < 1.29 is 4.79 Å². The quantitative estimate of drug-likeness (QED) is 0.760. The highest BCUT2D eigenvalue weighted by Crippen LogP contribution is 2.23. The van der Waals surface area contributed by atoms with Crippen molar-refractivity contribution in [2.45, 2.75) is 33.2 Å². The predicted octanol–water partition coefficient (Wildman–Crippen LogP) is 2.20. The molecule has 2 aromatic heterocycles. The van der Waals surface area contributed by atoms with Crippen molar-refractivity contribution >= 4 is 6.29 Å². The maximum Gasteiger partial charge on any atom is 0.153 e. The van der Waals surface area contributed by atoms with E-state index in [0.29, 0.717) is 5.56 Å². The molecule has 0 bridgehead atoms. The van der Waals surface area contributed by atoms with Gasteiger partial charge in [-0.2, -0.15) is 10.2 Å². The average Bonchev–Trinajstić information content (AvgIpc) is 2.89. The Balaban J connectivity index is 2.40. The van der Waals surface area contributed by atoms with Gasteiger partial charge in [-0.15, -0.1) is 0 Å². The molecule has 0 N–H and O–H groups in total. The standard InChI is InChI=1S/C13H18N4O/c1-4-5-6-17-7-11(9-18)13(15-17)12-8-16(3)14-10(12)2/h7-9H,4-6H2,1-3H3. The summed E-state index contributed by atoms with van der Waals surface area (Å²) in [5, 5.41) is 8.78. The number of aldehydes is 1. The molecule has 0 amide bonds. The summed E-state index contributed by atoms with van der Waals surface area (Å²) in [6.07, 6.45) is 6.74. The maximum atomic E-state index is 11.1. The van der Waals surface area contributed by atoms with Crippen LogP contribution < -0.4 is 0 Å². The van der Waals surface area contributed by atoms with Gasteiger partial charge in [0.2, 0.25) is 0 Å². The van der Waals surface area contributed by atoms with E-state index in [1.54, 1.807) is 4.68 Å². The molecule has 0 aliphatic heterocycles. The summed E-state index contributed by atoms with van der Waals surface area (Å²) in [6, 6.07) is 0. The molecule has 2 heterocycles. The molecule has 2 rings (SSSR count). The molecule has 5 heteroatoms. The second kappa shape index (κ2) is 5.16. The van der Waals surface area contributed by atoms with Crippen LogP contribution in [0.5, 0.6) is 0 Å². The third kappa shape index (κ3) is 2.34. The van der Waals surface area contributed by atoms with Gasteiger partial charge in [0, 0.05) is 31.5 Å². The molecule has 0 spiro atoms. The molecule has 0 unspecified atom stereocenters. The SMILES string of the molecule is CCCCn1cc(C=O)c(-c2cn(C)nc2C)n1. The molecular weight excluding hydrogens is 228 g/mol. The second-order valence-corrected chi connectivity index (χ2v) is 4.47. The van der Waals surface area contributed by atoms with Gasteiger partial charge in [-0.1, -0.05) is 13.3 Å².